The summed E-state index contributed by atoms with van der Waals surface area (Å²) in [4.78, 5) is 0. The van der Waals surface area contributed by atoms with Gasteiger partial charge in [-0.3, -0.25) is 4.68 Å². The highest BCUT2D eigenvalue weighted by Gasteiger charge is 2.17. The summed E-state index contributed by atoms with van der Waals surface area (Å²) in [7, 11) is 0. The Morgan fingerprint density at radius 3 is 3.12 bits per heavy atom. The molecule has 0 spiro atoms. The lowest BCUT2D eigenvalue weighted by molar-refractivity contribution is 0.211. The molecule has 0 bridgehead atoms. The number of aromatic nitrogens is 2. The molecule has 1 unspecified atom stereocenters. The van der Waals surface area contributed by atoms with Crippen LogP contribution in [-0.4, -0.2) is 21.0 Å². The second-order valence-corrected chi connectivity index (χ2v) is 4.98. The van der Waals surface area contributed by atoms with Gasteiger partial charge in [-0.15, -0.1) is 0 Å². The summed E-state index contributed by atoms with van der Waals surface area (Å²) >= 11 is 6.21. The fourth-order valence-corrected chi connectivity index (χ4v) is 2.59. The van der Waals surface area contributed by atoms with Crippen molar-refractivity contribution in [3.05, 3.63) is 23.0 Å². The van der Waals surface area contributed by atoms with Crippen molar-refractivity contribution in [1.82, 2.24) is 9.78 Å². The number of halogens is 1. The van der Waals surface area contributed by atoms with Gasteiger partial charge >= 0.3 is 0 Å². The topological polar surface area (TPSA) is 38.0 Å². The highest BCUT2D eigenvalue weighted by atomic mass is 35.5. The average Bonchev–Trinajstić information content (AvgIpc) is 2.52. The summed E-state index contributed by atoms with van der Waals surface area (Å²) in [5.41, 5.74) is 2.14. The Kier molecular flexibility index (Phi) is 4.24. The predicted molar refractivity (Wildman–Crippen MR) is 70.0 cm³/mol. The van der Waals surface area contributed by atoms with Crippen LogP contribution in [-0.2, 0) is 6.54 Å². The third kappa shape index (κ3) is 2.90. The molecular formula is C13H19ClN2O. The largest absolute Gasteiger partial charge is 0.389 e. The number of aliphatic hydroxyl groups excluding tert-OH is 1. The van der Waals surface area contributed by atoms with Crippen LogP contribution in [0.3, 0.4) is 0 Å². The van der Waals surface area contributed by atoms with E-state index in [2.05, 4.69) is 12.0 Å². The predicted octanol–water partition coefficient (Wildman–Crippen LogP) is 3.26. The zero-order valence-electron chi connectivity index (χ0n) is 10.2. The summed E-state index contributed by atoms with van der Waals surface area (Å²) in [5.74, 6) is 0. The first-order valence-electron chi connectivity index (χ1n) is 6.32. The number of hydrogen-bond donors (Lipinski definition) is 1. The van der Waals surface area contributed by atoms with Crippen molar-refractivity contribution in [1.29, 1.82) is 0 Å². The molecule has 0 radical (unpaired) electrons. The minimum absolute atomic E-state index is 0.339. The second-order valence-electron chi connectivity index (χ2n) is 4.57. The molecule has 0 saturated heterocycles. The Labute approximate surface area is 107 Å². The Hall–Kier alpha value is -0.800. The maximum Gasteiger partial charge on any atom is 0.0862 e. The van der Waals surface area contributed by atoms with Gasteiger partial charge in [0, 0.05) is 6.54 Å². The smallest absolute Gasteiger partial charge is 0.0862 e. The lowest BCUT2D eigenvalue weighted by atomic mass is 10.1. The Morgan fingerprint density at radius 2 is 2.35 bits per heavy atom. The van der Waals surface area contributed by atoms with Gasteiger partial charge in [0.25, 0.3) is 0 Å². The van der Waals surface area contributed by atoms with Crippen molar-refractivity contribution < 1.29 is 5.11 Å². The summed E-state index contributed by atoms with van der Waals surface area (Å²) < 4.78 is 1.95. The Bertz CT molecular complexity index is 412. The number of nitrogens with zero attached hydrogens (tertiary/aromatic N) is 2. The number of hydrogen-bond acceptors (Lipinski definition) is 2. The molecule has 1 heterocycles. The van der Waals surface area contributed by atoms with Crippen LogP contribution in [0.4, 0.5) is 0 Å². The van der Waals surface area contributed by atoms with Crippen LogP contribution >= 0.6 is 11.6 Å². The third-order valence-electron chi connectivity index (χ3n) is 3.12. The first kappa shape index (κ1) is 12.7. The molecule has 0 aromatic carbocycles. The molecule has 17 heavy (non-hydrogen) atoms. The zero-order valence-corrected chi connectivity index (χ0v) is 11.0. The molecule has 3 nitrogen and oxygen atoms in total. The summed E-state index contributed by atoms with van der Waals surface area (Å²) in [6, 6.07) is 0. The van der Waals surface area contributed by atoms with Gasteiger partial charge < -0.3 is 5.11 Å². The van der Waals surface area contributed by atoms with Crippen molar-refractivity contribution in [2.24, 2.45) is 0 Å². The third-order valence-corrected chi connectivity index (χ3v) is 3.40. The molecule has 2 rings (SSSR count). The minimum Gasteiger partial charge on any atom is -0.389 e. The normalized spacial score (nSPS) is 21.1. The van der Waals surface area contributed by atoms with Crippen LogP contribution in [0.25, 0.3) is 5.57 Å². The number of rotatable bonds is 3. The molecule has 4 heteroatoms. The molecule has 0 amide bonds. The van der Waals surface area contributed by atoms with Crippen molar-refractivity contribution >= 4 is 17.2 Å². The lowest BCUT2D eigenvalue weighted by Crippen LogP contribution is -2.06. The number of allylic oxidation sites excluding steroid dienone is 1. The van der Waals surface area contributed by atoms with Crippen molar-refractivity contribution in [3.8, 4) is 0 Å². The van der Waals surface area contributed by atoms with Crippen LogP contribution in [0.1, 0.15) is 44.7 Å². The molecule has 1 N–H and O–H groups in total. The first-order chi connectivity index (χ1) is 8.22. The SMILES string of the molecule is CCCn1ncc(Cl)c1C1=CC(O)CCCC1. The van der Waals surface area contributed by atoms with E-state index in [4.69, 9.17) is 11.6 Å². The maximum absolute atomic E-state index is 9.82. The molecule has 0 aliphatic heterocycles. The van der Waals surface area contributed by atoms with Crippen LogP contribution in [0, 0.1) is 0 Å². The molecule has 94 valence electrons. The minimum atomic E-state index is -0.339. The monoisotopic (exact) mass is 254 g/mol. The maximum atomic E-state index is 9.82. The van der Waals surface area contributed by atoms with Crippen LogP contribution in [0.15, 0.2) is 12.3 Å². The van der Waals surface area contributed by atoms with Gasteiger partial charge in [0.05, 0.1) is 23.0 Å². The second kappa shape index (κ2) is 5.69. The van der Waals surface area contributed by atoms with E-state index in [1.807, 2.05) is 10.8 Å². The van der Waals surface area contributed by atoms with Gasteiger partial charge in [0.2, 0.25) is 0 Å². The zero-order chi connectivity index (χ0) is 12.3. The van der Waals surface area contributed by atoms with Gasteiger partial charge in [-0.05, 0) is 31.3 Å². The van der Waals surface area contributed by atoms with E-state index in [0.717, 1.165) is 49.9 Å². The molecule has 1 aliphatic rings. The standard InChI is InChI=1S/C13H19ClN2O/c1-2-7-16-13(12(14)9-15-16)10-5-3-4-6-11(17)8-10/h8-9,11,17H,2-7H2,1H3. The van der Waals surface area contributed by atoms with E-state index in [0.29, 0.717) is 5.02 Å². The first-order valence-corrected chi connectivity index (χ1v) is 6.70. The van der Waals surface area contributed by atoms with Gasteiger partial charge in [-0.25, -0.2) is 0 Å². The van der Waals surface area contributed by atoms with Gasteiger partial charge in [-0.1, -0.05) is 31.0 Å². The van der Waals surface area contributed by atoms with Gasteiger partial charge in [0.1, 0.15) is 0 Å². The summed E-state index contributed by atoms with van der Waals surface area (Å²) in [6.45, 7) is 2.99. The van der Waals surface area contributed by atoms with E-state index in [1.165, 1.54) is 0 Å². The van der Waals surface area contributed by atoms with Crippen LogP contribution < -0.4 is 0 Å². The molecule has 1 aliphatic carbocycles. The van der Waals surface area contributed by atoms with Crippen molar-refractivity contribution in [3.63, 3.8) is 0 Å². The Balaban J connectivity index is 2.34. The van der Waals surface area contributed by atoms with Gasteiger partial charge in [0.15, 0.2) is 0 Å². The summed E-state index contributed by atoms with van der Waals surface area (Å²) in [6.07, 6.45) is 8.34. The van der Waals surface area contributed by atoms with E-state index in [9.17, 15) is 5.11 Å². The highest BCUT2D eigenvalue weighted by Crippen LogP contribution is 2.31. The fourth-order valence-electron chi connectivity index (χ4n) is 2.33. The van der Waals surface area contributed by atoms with E-state index in [-0.39, 0.29) is 6.10 Å². The molecule has 1 atom stereocenters. The number of aliphatic hydroxyl groups is 1. The fraction of sp³-hybridized carbons (Fsp3) is 0.615. The quantitative estimate of drug-likeness (QED) is 0.899. The molecule has 1 aromatic rings. The highest BCUT2D eigenvalue weighted by molar-refractivity contribution is 6.32. The van der Waals surface area contributed by atoms with Crippen LogP contribution in [0.5, 0.6) is 0 Å². The molecule has 0 fully saturated rings. The van der Waals surface area contributed by atoms with Crippen molar-refractivity contribution in [2.45, 2.75) is 51.7 Å². The van der Waals surface area contributed by atoms with Gasteiger partial charge in [-0.2, -0.15) is 5.10 Å². The van der Waals surface area contributed by atoms with E-state index >= 15 is 0 Å². The molecule has 1 aromatic heterocycles. The average molecular weight is 255 g/mol. The molecular weight excluding hydrogens is 236 g/mol. The van der Waals surface area contributed by atoms with Crippen molar-refractivity contribution in [2.75, 3.05) is 0 Å². The van der Waals surface area contributed by atoms with E-state index < -0.39 is 0 Å². The Morgan fingerprint density at radius 1 is 1.53 bits per heavy atom. The number of aryl methyl sites for hydroxylation is 1. The summed E-state index contributed by atoms with van der Waals surface area (Å²) in [5, 5.41) is 14.8. The van der Waals surface area contributed by atoms with E-state index in [1.54, 1.807) is 6.20 Å². The lowest BCUT2D eigenvalue weighted by Gasteiger charge is -2.10. The van der Waals surface area contributed by atoms with Crippen LogP contribution in [0.2, 0.25) is 5.02 Å². The molecule has 0 saturated carbocycles.